The minimum absolute atomic E-state index is 0. The van der Waals surface area contributed by atoms with Crippen LogP contribution in [0.1, 0.15) is 12.5 Å². The van der Waals surface area contributed by atoms with E-state index in [2.05, 4.69) is 32.1 Å². The Kier molecular flexibility index (Phi) is 6.10. The van der Waals surface area contributed by atoms with Crippen LogP contribution in [0.4, 0.5) is 5.82 Å². The molecule has 0 aliphatic rings. The minimum atomic E-state index is 0. The molecule has 8 heteroatoms. The first kappa shape index (κ1) is 18.2. The van der Waals surface area contributed by atoms with E-state index in [0.717, 1.165) is 11.2 Å². The molecule has 0 amide bonds. The van der Waals surface area contributed by atoms with E-state index in [1.54, 1.807) is 7.11 Å². The quantitative estimate of drug-likeness (QED) is 0.415. The molecule has 3 aromatic rings. The summed E-state index contributed by atoms with van der Waals surface area (Å²) in [7, 11) is 3.50. The largest absolute Gasteiger partial charge is 1.00 e. The van der Waals surface area contributed by atoms with E-state index in [-0.39, 0.29) is 17.0 Å². The SMILES string of the molecule is CCOc1nc(NOC)c2c(n1)[n+](C)cn2Cc1ccccc1.[Br-]. The molecule has 0 aliphatic heterocycles. The zero-order chi connectivity index (χ0) is 16.2. The second-order valence-electron chi connectivity index (χ2n) is 5.11. The number of hydrogen-bond donors (Lipinski definition) is 1. The van der Waals surface area contributed by atoms with Gasteiger partial charge in [0.05, 0.1) is 27.3 Å². The Labute approximate surface area is 151 Å². The van der Waals surface area contributed by atoms with Gasteiger partial charge in [0, 0.05) is 0 Å². The van der Waals surface area contributed by atoms with Gasteiger partial charge in [-0.25, -0.2) is 10.0 Å². The molecule has 0 unspecified atom stereocenters. The Morgan fingerprint density at radius 1 is 1.21 bits per heavy atom. The normalized spacial score (nSPS) is 10.5. The van der Waals surface area contributed by atoms with Crippen molar-refractivity contribution in [3.8, 4) is 6.01 Å². The first-order chi connectivity index (χ1) is 11.2. The summed E-state index contributed by atoms with van der Waals surface area (Å²) in [5.74, 6) is 0.581. The minimum Gasteiger partial charge on any atom is -1.00 e. The van der Waals surface area contributed by atoms with Gasteiger partial charge in [-0.3, -0.25) is 9.40 Å². The number of benzene rings is 1. The highest BCUT2D eigenvalue weighted by Crippen LogP contribution is 2.22. The van der Waals surface area contributed by atoms with E-state index in [1.165, 1.54) is 5.56 Å². The first-order valence-corrected chi connectivity index (χ1v) is 7.45. The van der Waals surface area contributed by atoms with Crippen molar-refractivity contribution < 1.29 is 31.1 Å². The summed E-state index contributed by atoms with van der Waals surface area (Å²) in [5, 5.41) is 0. The number of rotatable bonds is 6. The average molecular weight is 394 g/mol. The van der Waals surface area contributed by atoms with Gasteiger partial charge in [0.25, 0.3) is 0 Å². The highest BCUT2D eigenvalue weighted by atomic mass is 79.9. The van der Waals surface area contributed by atoms with Crippen LogP contribution in [0.25, 0.3) is 11.2 Å². The Morgan fingerprint density at radius 3 is 2.62 bits per heavy atom. The molecule has 0 spiro atoms. The number of imidazole rings is 1. The highest BCUT2D eigenvalue weighted by molar-refractivity contribution is 5.81. The standard InChI is InChI=1S/C16H20N5O2.BrH/c1-4-23-16-17-14(19-22-3)13-15(18-16)20(2)11-21(13)10-12-8-6-5-7-9-12;/h5-9,11H,4,10H2,1-3H3,(H,17,18,19);1H/q+1;/p-1. The molecule has 128 valence electrons. The molecule has 1 aromatic carbocycles. The molecule has 7 nitrogen and oxygen atoms in total. The summed E-state index contributed by atoms with van der Waals surface area (Å²) in [6, 6.07) is 10.6. The highest BCUT2D eigenvalue weighted by Gasteiger charge is 2.23. The second kappa shape index (κ2) is 8.07. The fourth-order valence-corrected chi connectivity index (χ4v) is 2.52. The van der Waals surface area contributed by atoms with Crippen molar-refractivity contribution in [2.75, 3.05) is 19.2 Å². The van der Waals surface area contributed by atoms with E-state index in [4.69, 9.17) is 9.57 Å². The zero-order valence-electron chi connectivity index (χ0n) is 13.9. The third-order valence-corrected chi connectivity index (χ3v) is 3.45. The second-order valence-corrected chi connectivity index (χ2v) is 5.11. The van der Waals surface area contributed by atoms with Crippen molar-refractivity contribution in [1.29, 1.82) is 0 Å². The molecule has 0 saturated heterocycles. The molecular formula is C16H20BrN5O2. The summed E-state index contributed by atoms with van der Waals surface area (Å²) in [6.45, 7) is 3.12. The Balaban J connectivity index is 0.00000208. The molecule has 2 heterocycles. The van der Waals surface area contributed by atoms with Crippen molar-refractivity contribution in [2.24, 2.45) is 7.05 Å². The van der Waals surface area contributed by atoms with Crippen LogP contribution in [-0.2, 0) is 18.4 Å². The van der Waals surface area contributed by atoms with Gasteiger partial charge >= 0.3 is 11.7 Å². The summed E-state index contributed by atoms with van der Waals surface area (Å²) in [5.41, 5.74) is 5.66. The lowest BCUT2D eigenvalue weighted by molar-refractivity contribution is -0.647. The van der Waals surface area contributed by atoms with Gasteiger partial charge in [-0.15, -0.1) is 0 Å². The van der Waals surface area contributed by atoms with Gasteiger partial charge in [0.15, 0.2) is 6.33 Å². The maximum Gasteiger partial charge on any atom is 0.397 e. The topological polar surface area (TPSA) is 65.1 Å². The van der Waals surface area contributed by atoms with E-state index >= 15 is 0 Å². The third kappa shape index (κ3) is 3.65. The van der Waals surface area contributed by atoms with Crippen molar-refractivity contribution in [3.63, 3.8) is 0 Å². The van der Waals surface area contributed by atoms with Crippen LogP contribution in [0.15, 0.2) is 36.7 Å². The van der Waals surface area contributed by atoms with Crippen molar-refractivity contribution >= 4 is 17.0 Å². The molecule has 0 radical (unpaired) electrons. The molecule has 0 bridgehead atoms. The zero-order valence-corrected chi connectivity index (χ0v) is 15.4. The first-order valence-electron chi connectivity index (χ1n) is 7.45. The number of halogens is 1. The molecule has 0 fully saturated rings. The predicted octanol–water partition coefficient (Wildman–Crippen LogP) is -1.32. The summed E-state index contributed by atoms with van der Waals surface area (Å²) in [4.78, 5) is 13.9. The van der Waals surface area contributed by atoms with Crippen LogP contribution in [0, 0.1) is 0 Å². The lowest BCUT2D eigenvalue weighted by Crippen LogP contribution is -3.00. The van der Waals surface area contributed by atoms with Crippen LogP contribution >= 0.6 is 0 Å². The fraction of sp³-hybridized carbons (Fsp3) is 0.312. The van der Waals surface area contributed by atoms with Crippen LogP contribution in [0.3, 0.4) is 0 Å². The summed E-state index contributed by atoms with van der Waals surface area (Å²) >= 11 is 0. The van der Waals surface area contributed by atoms with Gasteiger partial charge in [0.1, 0.15) is 0 Å². The van der Waals surface area contributed by atoms with Gasteiger partial charge in [0.2, 0.25) is 11.3 Å². The number of anilines is 1. The monoisotopic (exact) mass is 393 g/mol. The predicted molar refractivity (Wildman–Crippen MR) is 86.0 cm³/mol. The average Bonchev–Trinajstić information content (AvgIpc) is 2.85. The number of fused-ring (bicyclic) bond motifs is 1. The maximum absolute atomic E-state index is 5.44. The third-order valence-electron chi connectivity index (χ3n) is 3.45. The van der Waals surface area contributed by atoms with Gasteiger partial charge in [-0.05, 0) is 17.5 Å². The van der Waals surface area contributed by atoms with Gasteiger partial charge < -0.3 is 21.7 Å². The summed E-state index contributed by atoms with van der Waals surface area (Å²) < 4.78 is 9.48. The molecule has 1 N–H and O–H groups in total. The fourth-order valence-electron chi connectivity index (χ4n) is 2.52. The molecule has 2 aromatic heterocycles. The van der Waals surface area contributed by atoms with Gasteiger partial charge in [-0.2, -0.15) is 4.98 Å². The number of ether oxygens (including phenoxy) is 1. The number of aryl methyl sites for hydroxylation is 1. The molecule has 24 heavy (non-hydrogen) atoms. The Hall–Kier alpha value is -2.19. The number of hydrogen-bond acceptors (Lipinski definition) is 5. The van der Waals surface area contributed by atoms with Crippen molar-refractivity contribution in [2.45, 2.75) is 13.5 Å². The van der Waals surface area contributed by atoms with E-state index in [9.17, 15) is 0 Å². The van der Waals surface area contributed by atoms with Crippen molar-refractivity contribution in [1.82, 2.24) is 14.5 Å². The molecule has 0 aliphatic carbocycles. The van der Waals surface area contributed by atoms with Gasteiger partial charge in [-0.1, -0.05) is 30.3 Å². The molecule has 3 rings (SSSR count). The lowest BCUT2D eigenvalue weighted by atomic mass is 10.2. The number of nitrogens with zero attached hydrogens (tertiary/aromatic N) is 4. The Morgan fingerprint density at radius 2 is 1.96 bits per heavy atom. The van der Waals surface area contributed by atoms with E-state index in [0.29, 0.717) is 25.0 Å². The molecule has 0 atom stereocenters. The smallest absolute Gasteiger partial charge is 0.397 e. The van der Waals surface area contributed by atoms with Crippen LogP contribution < -0.4 is 31.8 Å². The Bertz CT molecular complexity index is 807. The summed E-state index contributed by atoms with van der Waals surface area (Å²) in [6.07, 6.45) is 1.99. The van der Waals surface area contributed by atoms with Crippen LogP contribution in [0.5, 0.6) is 6.01 Å². The van der Waals surface area contributed by atoms with E-state index < -0.39 is 0 Å². The van der Waals surface area contributed by atoms with Crippen LogP contribution in [-0.4, -0.2) is 28.3 Å². The molecular weight excluding hydrogens is 374 g/mol. The number of aromatic nitrogens is 4. The number of nitrogens with one attached hydrogen (secondary N) is 1. The maximum atomic E-state index is 5.44. The lowest BCUT2D eigenvalue weighted by Gasteiger charge is -2.06. The van der Waals surface area contributed by atoms with Crippen molar-refractivity contribution in [3.05, 3.63) is 42.2 Å². The van der Waals surface area contributed by atoms with E-state index in [1.807, 2.05) is 43.1 Å². The van der Waals surface area contributed by atoms with Crippen LogP contribution in [0.2, 0.25) is 0 Å². The molecule has 0 saturated carbocycles.